The number of hydrogen-bond acceptors (Lipinski definition) is 10. The summed E-state index contributed by atoms with van der Waals surface area (Å²) >= 11 is 0. The molecule has 2 saturated heterocycles. The predicted molar refractivity (Wildman–Crippen MR) is 142 cm³/mol. The summed E-state index contributed by atoms with van der Waals surface area (Å²) in [5.74, 6) is -1.08. The maximum atomic E-state index is 13.8. The highest BCUT2D eigenvalue weighted by molar-refractivity contribution is 5.88. The van der Waals surface area contributed by atoms with Crippen LogP contribution in [-0.4, -0.2) is 81.1 Å². The minimum atomic E-state index is -1.71. The zero-order valence-electron chi connectivity index (χ0n) is 23.9. The Morgan fingerprint density at radius 2 is 1.80 bits per heavy atom. The Morgan fingerprint density at radius 1 is 1.10 bits per heavy atom. The number of Topliss-reactive ketones (excluding diaryl/α,β-unsaturated/α-hetero) is 1. The molecule has 0 aromatic carbocycles. The molecule has 10 heteroatoms. The van der Waals surface area contributed by atoms with Crippen molar-refractivity contribution in [2.45, 2.75) is 109 Å². The minimum Gasteiger partial charge on any atom is -0.454 e. The van der Waals surface area contributed by atoms with E-state index in [4.69, 9.17) is 14.2 Å². The lowest BCUT2D eigenvalue weighted by Crippen LogP contribution is -2.65. The van der Waals surface area contributed by atoms with E-state index in [0.717, 1.165) is 6.42 Å². The third-order valence-electron chi connectivity index (χ3n) is 10.3. The average Bonchev–Trinajstić information content (AvgIpc) is 2.98. The van der Waals surface area contributed by atoms with Gasteiger partial charge in [-0.15, -0.1) is 0 Å². The van der Waals surface area contributed by atoms with Gasteiger partial charge in [-0.1, -0.05) is 30.7 Å². The van der Waals surface area contributed by atoms with Crippen LogP contribution in [-0.2, 0) is 28.6 Å². The SMILES string of the molecule is CC(=O)C[C@]12CCC(C)=CC[C@]13CC[C@@]2(C)[C@@](C)(/C=C/C=C(\C)C(=O)OC1OC(CO)C(O)C(O)C1O)OC3=O. The van der Waals surface area contributed by atoms with Gasteiger partial charge in [-0.25, -0.2) is 4.79 Å². The number of hydrogen-bond donors (Lipinski definition) is 4. The van der Waals surface area contributed by atoms with E-state index in [0.29, 0.717) is 32.1 Å². The van der Waals surface area contributed by atoms with Gasteiger partial charge in [0.05, 0.1) is 12.0 Å². The molecule has 0 aromatic rings. The topological polar surface area (TPSA) is 160 Å². The Labute approximate surface area is 234 Å². The lowest BCUT2D eigenvalue weighted by molar-refractivity contribution is -0.291. The molecule has 3 fully saturated rings. The highest BCUT2D eigenvalue weighted by Crippen LogP contribution is 2.76. The average molecular weight is 563 g/mol. The van der Waals surface area contributed by atoms with E-state index in [1.54, 1.807) is 19.1 Å². The first kappa shape index (κ1) is 30.6. The number of rotatable bonds is 7. The molecule has 2 aliphatic carbocycles. The van der Waals surface area contributed by atoms with E-state index < -0.39 is 65.1 Å². The molecule has 4 aliphatic rings. The highest BCUT2D eigenvalue weighted by atomic mass is 16.7. The van der Waals surface area contributed by atoms with Crippen molar-refractivity contribution in [2.75, 3.05) is 6.61 Å². The second kappa shape index (κ2) is 10.8. The van der Waals surface area contributed by atoms with Crippen LogP contribution >= 0.6 is 0 Å². The summed E-state index contributed by atoms with van der Waals surface area (Å²) in [6.07, 6.45) is 2.99. The zero-order chi connectivity index (χ0) is 29.7. The second-order valence-electron chi connectivity index (χ2n) is 12.4. The molecule has 2 bridgehead atoms. The molecule has 2 heterocycles. The van der Waals surface area contributed by atoms with Crippen LogP contribution in [0.1, 0.15) is 73.1 Å². The van der Waals surface area contributed by atoms with Crippen LogP contribution in [0.2, 0.25) is 0 Å². The van der Waals surface area contributed by atoms with Gasteiger partial charge in [0.2, 0.25) is 6.29 Å². The molecule has 2 aliphatic heterocycles. The quantitative estimate of drug-likeness (QED) is 0.156. The molecule has 9 atom stereocenters. The normalized spacial score (nSPS) is 43.5. The monoisotopic (exact) mass is 562 g/mol. The fourth-order valence-corrected chi connectivity index (χ4v) is 7.55. The van der Waals surface area contributed by atoms with Gasteiger partial charge in [-0.05, 0) is 65.9 Å². The van der Waals surface area contributed by atoms with Gasteiger partial charge in [0.15, 0.2) is 0 Å². The molecular weight excluding hydrogens is 520 g/mol. The fraction of sp³-hybridized carbons (Fsp3) is 0.700. The van der Waals surface area contributed by atoms with Crippen molar-refractivity contribution in [1.29, 1.82) is 0 Å². The van der Waals surface area contributed by atoms with E-state index >= 15 is 0 Å². The molecule has 10 nitrogen and oxygen atoms in total. The number of carbonyl (C=O) groups excluding carboxylic acids is 3. The molecule has 0 aromatic heterocycles. The van der Waals surface area contributed by atoms with Gasteiger partial charge < -0.3 is 39.4 Å². The highest BCUT2D eigenvalue weighted by Gasteiger charge is 2.77. The number of ketones is 1. The third-order valence-corrected chi connectivity index (χ3v) is 10.3. The Hall–Kier alpha value is -2.37. The van der Waals surface area contributed by atoms with Crippen molar-refractivity contribution in [1.82, 2.24) is 0 Å². The van der Waals surface area contributed by atoms with E-state index in [9.17, 15) is 34.8 Å². The molecular formula is C30H42O10. The van der Waals surface area contributed by atoms with Gasteiger partial charge in [0, 0.05) is 22.8 Å². The molecule has 1 saturated carbocycles. The minimum absolute atomic E-state index is 0.0461. The lowest BCUT2D eigenvalue weighted by Gasteiger charge is -2.61. The van der Waals surface area contributed by atoms with Gasteiger partial charge in [0.25, 0.3) is 0 Å². The fourth-order valence-electron chi connectivity index (χ4n) is 7.55. The van der Waals surface area contributed by atoms with Crippen molar-refractivity contribution in [3.8, 4) is 0 Å². The van der Waals surface area contributed by atoms with E-state index in [1.165, 1.54) is 18.6 Å². The Kier molecular flexibility index (Phi) is 8.26. The summed E-state index contributed by atoms with van der Waals surface area (Å²) < 4.78 is 16.7. The molecule has 222 valence electrons. The summed E-state index contributed by atoms with van der Waals surface area (Å²) in [5.41, 5.74) is -1.56. The molecule has 0 spiro atoms. The smallest absolute Gasteiger partial charge is 0.336 e. The summed E-state index contributed by atoms with van der Waals surface area (Å²) in [4.78, 5) is 39.2. The van der Waals surface area contributed by atoms with Crippen LogP contribution in [0.3, 0.4) is 0 Å². The van der Waals surface area contributed by atoms with Crippen LogP contribution in [0, 0.1) is 16.2 Å². The zero-order valence-corrected chi connectivity index (χ0v) is 23.9. The van der Waals surface area contributed by atoms with Crippen molar-refractivity contribution in [3.63, 3.8) is 0 Å². The predicted octanol–water partition coefficient (Wildman–Crippen LogP) is 2.03. The van der Waals surface area contributed by atoms with Crippen LogP contribution in [0.4, 0.5) is 0 Å². The van der Waals surface area contributed by atoms with Crippen molar-refractivity contribution < 1.29 is 49.0 Å². The number of cyclic esters (lactones) is 1. The van der Waals surface area contributed by atoms with Crippen molar-refractivity contribution in [2.24, 2.45) is 16.2 Å². The molecule has 4 N–H and O–H groups in total. The summed E-state index contributed by atoms with van der Waals surface area (Å²) in [5, 5.41) is 39.4. The molecule has 40 heavy (non-hydrogen) atoms. The lowest BCUT2D eigenvalue weighted by atomic mass is 9.46. The van der Waals surface area contributed by atoms with Crippen LogP contribution in [0.25, 0.3) is 0 Å². The number of ether oxygens (including phenoxy) is 3. The van der Waals surface area contributed by atoms with Crippen LogP contribution < -0.4 is 0 Å². The van der Waals surface area contributed by atoms with Gasteiger partial charge >= 0.3 is 11.9 Å². The first-order valence-electron chi connectivity index (χ1n) is 13.9. The first-order valence-corrected chi connectivity index (χ1v) is 13.9. The maximum absolute atomic E-state index is 13.8. The van der Waals surface area contributed by atoms with Crippen molar-refractivity contribution >= 4 is 17.7 Å². The summed E-state index contributed by atoms with van der Waals surface area (Å²) in [6.45, 7) is 8.46. The number of esters is 2. The molecule has 0 radical (unpaired) electrons. The van der Waals surface area contributed by atoms with Gasteiger partial charge in [-0.3, -0.25) is 4.79 Å². The van der Waals surface area contributed by atoms with E-state index in [2.05, 4.69) is 19.9 Å². The number of aliphatic hydroxyl groups excluding tert-OH is 4. The number of allylic oxidation sites excluding steroid dienone is 4. The van der Waals surface area contributed by atoms with Gasteiger partial charge in [0.1, 0.15) is 35.8 Å². The first-order chi connectivity index (χ1) is 18.7. The third kappa shape index (κ3) is 4.58. The van der Waals surface area contributed by atoms with E-state index in [1.807, 2.05) is 6.92 Å². The second-order valence-corrected chi connectivity index (χ2v) is 12.4. The number of aliphatic hydroxyl groups is 4. The molecule has 0 amide bonds. The van der Waals surface area contributed by atoms with Crippen LogP contribution in [0.5, 0.6) is 0 Å². The number of carbonyl (C=O) groups is 3. The van der Waals surface area contributed by atoms with Crippen molar-refractivity contribution in [3.05, 3.63) is 35.5 Å². The summed E-state index contributed by atoms with van der Waals surface area (Å²) in [7, 11) is 0. The summed E-state index contributed by atoms with van der Waals surface area (Å²) in [6, 6.07) is 0. The standard InChI is InChI=1S/C30H42O10/c1-17-8-11-29-14-13-27(4,30(29,12-9-17)15-19(3)32)28(5,40-26(29)37)10-6-7-18(2)24(36)39-25-23(35)22(34)21(33)20(16-31)38-25/h6-8,10,20-23,25,31,33-35H,9,11-16H2,1-5H3/b10-6+,18-7+/t20?,21?,22?,23?,25?,27-,28+,29+,30-/m0/s1. The van der Waals surface area contributed by atoms with E-state index in [-0.39, 0.29) is 17.3 Å². The maximum Gasteiger partial charge on any atom is 0.336 e. The Bertz CT molecular complexity index is 1140. The van der Waals surface area contributed by atoms with Gasteiger partial charge in [-0.2, -0.15) is 0 Å². The molecule has 5 unspecified atom stereocenters. The molecule has 4 rings (SSSR count). The Morgan fingerprint density at radius 3 is 2.45 bits per heavy atom. The largest absolute Gasteiger partial charge is 0.454 e. The Balaban J connectivity index is 1.58. The van der Waals surface area contributed by atoms with Crippen LogP contribution in [0.15, 0.2) is 35.5 Å².